The van der Waals surface area contributed by atoms with Crippen LogP contribution in [-0.4, -0.2) is 42.1 Å². The molecule has 9 heteroatoms. The zero-order chi connectivity index (χ0) is 26.9. The number of ether oxygens (including phenoxy) is 3. The van der Waals surface area contributed by atoms with Crippen LogP contribution in [-0.2, 0) is 33.0 Å². The van der Waals surface area contributed by atoms with Crippen molar-refractivity contribution in [3.05, 3.63) is 56.9 Å². The third-order valence-electron chi connectivity index (χ3n) is 8.06. The third-order valence-corrected chi connectivity index (χ3v) is 11.0. The molecule has 0 fully saturated rings. The molecule has 8 nitrogen and oxygen atoms in total. The van der Waals surface area contributed by atoms with Crippen molar-refractivity contribution < 1.29 is 24.1 Å². The van der Waals surface area contributed by atoms with Crippen molar-refractivity contribution in [1.29, 1.82) is 0 Å². The van der Waals surface area contributed by atoms with E-state index in [-0.39, 0.29) is 18.6 Å². The minimum absolute atomic E-state index is 0.107. The lowest BCUT2D eigenvalue weighted by molar-refractivity contribution is -0.172. The Hall–Kier alpha value is -3.01. The number of rotatable bonds is 6. The van der Waals surface area contributed by atoms with Gasteiger partial charge in [0.2, 0.25) is 0 Å². The second-order valence-corrected chi connectivity index (χ2v) is 16.8. The Morgan fingerprint density at radius 2 is 1.95 bits per heavy atom. The fraction of sp³-hybridized carbons (Fsp3) is 0.464. The molecule has 3 atom stereocenters. The Balaban J connectivity index is 1.78. The van der Waals surface area contributed by atoms with Gasteiger partial charge in [-0.15, -0.1) is 0 Å². The van der Waals surface area contributed by atoms with E-state index in [1.807, 2.05) is 13.0 Å². The van der Waals surface area contributed by atoms with E-state index in [0.29, 0.717) is 40.4 Å². The largest absolute Gasteiger partial charge is 0.465 e. The van der Waals surface area contributed by atoms with Crippen LogP contribution in [0, 0.1) is 0 Å². The molecule has 0 saturated carbocycles. The number of carbonyl (C=O) groups excluding carboxylic acids is 1. The Morgan fingerprint density at radius 3 is 2.59 bits per heavy atom. The molecular weight excluding hydrogens is 488 g/mol. The van der Waals surface area contributed by atoms with Crippen LogP contribution < -0.4 is 10.3 Å². The second-order valence-electron chi connectivity index (χ2n) is 11.2. The maximum atomic E-state index is 13.5. The summed E-state index contributed by atoms with van der Waals surface area (Å²) in [6, 6.07) is 7.87. The highest BCUT2D eigenvalue weighted by Crippen LogP contribution is 2.42. The first-order valence-corrected chi connectivity index (χ1v) is 16.3. The molecule has 2 unspecified atom stereocenters. The number of fused-ring (bicyclic) bond motifs is 5. The number of methoxy groups -OCH3 is 1. The van der Waals surface area contributed by atoms with Gasteiger partial charge in [-0.1, -0.05) is 39.6 Å². The van der Waals surface area contributed by atoms with Crippen molar-refractivity contribution in [2.75, 3.05) is 7.11 Å². The number of esters is 1. The van der Waals surface area contributed by atoms with E-state index in [1.165, 1.54) is 0 Å². The molecule has 0 saturated heterocycles. The van der Waals surface area contributed by atoms with E-state index in [0.717, 1.165) is 22.0 Å². The summed E-state index contributed by atoms with van der Waals surface area (Å²) in [4.78, 5) is 31.2. The van der Waals surface area contributed by atoms with Crippen LogP contribution in [0.3, 0.4) is 0 Å². The fourth-order valence-electron chi connectivity index (χ4n) is 5.21. The maximum Gasteiger partial charge on any atom is 0.343 e. The van der Waals surface area contributed by atoms with Crippen LogP contribution in [0.15, 0.2) is 29.1 Å². The lowest BCUT2D eigenvalue weighted by atomic mass is 9.86. The van der Waals surface area contributed by atoms with Crippen LogP contribution in [0.4, 0.5) is 0 Å². The minimum atomic E-state index is -1.85. The molecular formula is C28H34N2O6Si. The molecule has 3 aromatic rings. The van der Waals surface area contributed by atoms with Crippen LogP contribution in [0.1, 0.15) is 55.0 Å². The number of nitrogens with zero attached hydrogens (tertiary/aromatic N) is 2. The first-order chi connectivity index (χ1) is 17.4. The van der Waals surface area contributed by atoms with E-state index in [9.17, 15) is 14.7 Å². The zero-order valence-electron chi connectivity index (χ0n) is 22.5. The molecule has 1 N–H and O–H groups in total. The number of hydrogen-bond donors (Lipinski definition) is 1. The molecule has 2 aromatic heterocycles. The number of hydrogen-bond acceptors (Lipinski definition) is 7. The van der Waals surface area contributed by atoms with Gasteiger partial charge in [-0.3, -0.25) is 4.79 Å². The molecule has 196 valence electrons. The highest BCUT2D eigenvalue weighted by molar-refractivity contribution is 6.77. The van der Waals surface area contributed by atoms with Crippen molar-refractivity contribution in [2.24, 2.45) is 0 Å². The van der Waals surface area contributed by atoms with Gasteiger partial charge in [0.25, 0.3) is 5.56 Å². The molecule has 0 amide bonds. The average molecular weight is 523 g/mol. The first kappa shape index (κ1) is 25.6. The molecule has 0 radical (unpaired) electrons. The fourth-order valence-corrected chi connectivity index (χ4v) is 6.37. The Kier molecular flexibility index (Phi) is 6.08. The van der Waals surface area contributed by atoms with Gasteiger partial charge in [0.15, 0.2) is 11.9 Å². The summed E-state index contributed by atoms with van der Waals surface area (Å²) >= 11 is 0. The van der Waals surface area contributed by atoms with Gasteiger partial charge in [-0.05, 0) is 42.6 Å². The van der Waals surface area contributed by atoms with Gasteiger partial charge < -0.3 is 23.9 Å². The summed E-state index contributed by atoms with van der Waals surface area (Å²) in [6.45, 7) is 13.0. The Bertz CT molecular complexity index is 1490. The lowest BCUT2D eigenvalue weighted by Gasteiger charge is -2.31. The van der Waals surface area contributed by atoms with Gasteiger partial charge in [0.05, 0.1) is 37.1 Å². The van der Waals surface area contributed by atoms with E-state index in [4.69, 9.17) is 19.2 Å². The van der Waals surface area contributed by atoms with Crippen molar-refractivity contribution in [3.63, 3.8) is 0 Å². The van der Waals surface area contributed by atoms with E-state index in [1.54, 1.807) is 24.7 Å². The molecule has 2 aliphatic heterocycles. The van der Waals surface area contributed by atoms with Gasteiger partial charge in [-0.2, -0.15) is 0 Å². The molecule has 37 heavy (non-hydrogen) atoms. The summed E-state index contributed by atoms with van der Waals surface area (Å²) < 4.78 is 18.3. The van der Waals surface area contributed by atoms with Crippen LogP contribution in [0.2, 0.25) is 19.6 Å². The van der Waals surface area contributed by atoms with Crippen molar-refractivity contribution >= 4 is 24.9 Å². The predicted molar refractivity (Wildman–Crippen MR) is 143 cm³/mol. The van der Waals surface area contributed by atoms with Gasteiger partial charge in [-0.25, -0.2) is 9.78 Å². The minimum Gasteiger partial charge on any atom is -0.465 e. The smallest absolute Gasteiger partial charge is 0.343 e. The molecule has 0 aliphatic carbocycles. The van der Waals surface area contributed by atoms with Crippen LogP contribution in [0.25, 0.3) is 22.3 Å². The summed E-state index contributed by atoms with van der Waals surface area (Å²) in [5, 5.41) is 12.0. The van der Waals surface area contributed by atoms with Gasteiger partial charge in [0.1, 0.15) is 12.4 Å². The van der Waals surface area contributed by atoms with Gasteiger partial charge in [0, 0.05) is 23.6 Å². The molecule has 2 aliphatic rings. The number of aliphatic hydroxyl groups is 1. The Labute approximate surface area is 217 Å². The topological polar surface area (TPSA) is 99.9 Å². The van der Waals surface area contributed by atoms with Crippen molar-refractivity contribution in [3.8, 4) is 17.1 Å². The number of cyclic esters (lactones) is 1. The molecule has 0 spiro atoms. The van der Waals surface area contributed by atoms with Crippen LogP contribution >= 0.6 is 0 Å². The Morgan fingerprint density at radius 1 is 1.22 bits per heavy atom. The van der Waals surface area contributed by atoms with E-state index >= 15 is 0 Å². The lowest BCUT2D eigenvalue weighted by Crippen LogP contribution is -2.44. The summed E-state index contributed by atoms with van der Waals surface area (Å²) in [5.41, 5.74) is 2.98. The zero-order valence-corrected chi connectivity index (χ0v) is 23.5. The highest BCUT2D eigenvalue weighted by atomic mass is 28.3. The number of aromatic nitrogens is 2. The van der Waals surface area contributed by atoms with E-state index < -0.39 is 25.9 Å². The standard InChI is InChI=1S/C28H34N2O6Si/c1-8-28(33)21-12-22-24-17(13-30(22)26(31)20(21)14-35-27(28)32)11-19-23(36-16(3)34-4)10-9-18(25(19)29-24)15(2)37(5,6)7/h9-12,15-16,33H,8,13-14H2,1-7H3/t15?,16?,28-/m0/s1. The monoisotopic (exact) mass is 522 g/mol. The third kappa shape index (κ3) is 3.91. The predicted octanol–water partition coefficient (Wildman–Crippen LogP) is 4.43. The highest BCUT2D eigenvalue weighted by Gasteiger charge is 2.45. The summed E-state index contributed by atoms with van der Waals surface area (Å²) in [6.07, 6.45) is -0.330. The SMILES string of the molecule is CC[C@@]1(O)C(=O)OCc2c1cc1n(c2=O)Cc2cc3c(OC(C)OC)ccc(C(C)[Si](C)(C)C)c3nc2-1. The summed E-state index contributed by atoms with van der Waals surface area (Å²) in [5.74, 6) is -0.0510. The van der Waals surface area contributed by atoms with E-state index in [2.05, 4.69) is 38.7 Å². The molecule has 5 rings (SSSR count). The average Bonchev–Trinajstić information content (AvgIpc) is 3.22. The van der Waals surface area contributed by atoms with Crippen molar-refractivity contribution in [2.45, 2.75) is 77.4 Å². The van der Waals surface area contributed by atoms with Gasteiger partial charge >= 0.3 is 5.97 Å². The molecule has 4 heterocycles. The molecule has 0 bridgehead atoms. The van der Waals surface area contributed by atoms with Crippen LogP contribution in [0.5, 0.6) is 5.75 Å². The maximum absolute atomic E-state index is 13.5. The first-order valence-electron chi connectivity index (χ1n) is 12.7. The van der Waals surface area contributed by atoms with Crippen molar-refractivity contribution in [1.82, 2.24) is 9.55 Å². The number of benzene rings is 1. The normalized spacial score (nSPS) is 20.2. The number of pyridine rings is 2. The molecule has 1 aromatic carbocycles. The number of carbonyl (C=O) groups is 1. The second kappa shape index (κ2) is 8.78. The summed E-state index contributed by atoms with van der Waals surface area (Å²) in [7, 11) is 0.0210. The quantitative estimate of drug-likeness (QED) is 0.227.